The summed E-state index contributed by atoms with van der Waals surface area (Å²) in [5.41, 5.74) is 4.76. The summed E-state index contributed by atoms with van der Waals surface area (Å²) in [5.74, 6) is -0.944. The second kappa shape index (κ2) is 10.6. The topological polar surface area (TPSA) is 52.6 Å². The van der Waals surface area contributed by atoms with Crippen LogP contribution >= 0.6 is 0 Å². The van der Waals surface area contributed by atoms with Crippen LogP contribution in [0.3, 0.4) is 0 Å². The monoisotopic (exact) mass is 416 g/mol. The predicted molar refractivity (Wildman–Crippen MR) is 123 cm³/mol. The molecule has 3 aromatic rings. The first-order valence-electron chi connectivity index (χ1n) is 10.6. The third-order valence-electron chi connectivity index (χ3n) is 5.38. The van der Waals surface area contributed by atoms with E-state index in [1.807, 2.05) is 66.7 Å². The highest BCUT2D eigenvalue weighted by atomic mass is 16.5. The molecule has 0 aliphatic rings. The lowest BCUT2D eigenvalue weighted by Crippen LogP contribution is -2.14. The quantitative estimate of drug-likeness (QED) is 0.318. The lowest BCUT2D eigenvalue weighted by Gasteiger charge is -2.21. The van der Waals surface area contributed by atoms with Crippen LogP contribution in [0.2, 0.25) is 0 Å². The Balaban J connectivity index is 2.43. The van der Waals surface area contributed by atoms with Gasteiger partial charge in [0.1, 0.15) is 0 Å². The van der Waals surface area contributed by atoms with Crippen LogP contribution in [-0.2, 0) is 15.9 Å². The van der Waals surface area contributed by atoms with E-state index in [0.717, 1.165) is 47.9 Å². The molecule has 0 N–H and O–H groups in total. The molecule has 0 aliphatic carbocycles. The average molecular weight is 417 g/mol. The van der Waals surface area contributed by atoms with Gasteiger partial charge in [-0.1, -0.05) is 80.4 Å². The van der Waals surface area contributed by atoms with Gasteiger partial charge < -0.3 is 9.47 Å². The van der Waals surface area contributed by atoms with E-state index in [9.17, 15) is 9.59 Å². The highest BCUT2D eigenvalue weighted by molar-refractivity contribution is 6.11. The zero-order valence-electron chi connectivity index (χ0n) is 18.3. The number of methoxy groups -OCH3 is 2. The van der Waals surface area contributed by atoms with Crippen molar-refractivity contribution < 1.29 is 19.1 Å². The lowest BCUT2D eigenvalue weighted by atomic mass is 9.83. The molecule has 0 saturated heterocycles. The number of unbranched alkanes of at least 4 members (excludes halogenated alkanes) is 2. The minimum Gasteiger partial charge on any atom is -0.465 e. The fourth-order valence-electron chi connectivity index (χ4n) is 3.92. The standard InChI is InChI=1S/C27H28O4/c1-4-5-8-17-21-18-22(26(28)30-2)24(20-15-11-7-12-16-20)25(27(29)31-3)23(21)19-13-9-6-10-14-19/h6-7,9-16,18H,4-5,8,17H2,1-3H3. The molecular formula is C27H28O4. The summed E-state index contributed by atoms with van der Waals surface area (Å²) >= 11 is 0. The van der Waals surface area contributed by atoms with Gasteiger partial charge in [0, 0.05) is 11.1 Å². The molecule has 0 unspecified atom stereocenters. The number of hydrogen-bond donors (Lipinski definition) is 0. The molecule has 0 saturated carbocycles. The Bertz CT molecular complexity index is 1040. The van der Waals surface area contributed by atoms with Gasteiger partial charge in [0.05, 0.1) is 25.3 Å². The van der Waals surface area contributed by atoms with Crippen molar-refractivity contribution in [3.63, 3.8) is 0 Å². The highest BCUT2D eigenvalue weighted by Crippen LogP contribution is 2.39. The number of carbonyl (C=O) groups excluding carboxylic acids is 2. The Morgan fingerprint density at radius 2 is 1.29 bits per heavy atom. The third-order valence-corrected chi connectivity index (χ3v) is 5.38. The van der Waals surface area contributed by atoms with E-state index in [2.05, 4.69) is 6.92 Å². The molecular weight excluding hydrogens is 388 g/mol. The predicted octanol–water partition coefficient (Wildman–Crippen LogP) is 6.33. The van der Waals surface area contributed by atoms with Crippen molar-refractivity contribution in [2.24, 2.45) is 0 Å². The lowest BCUT2D eigenvalue weighted by molar-refractivity contribution is 0.0601. The number of benzene rings is 3. The van der Waals surface area contributed by atoms with Crippen molar-refractivity contribution >= 4 is 11.9 Å². The van der Waals surface area contributed by atoms with Crippen LogP contribution < -0.4 is 0 Å². The first kappa shape index (κ1) is 22.3. The van der Waals surface area contributed by atoms with E-state index >= 15 is 0 Å². The van der Waals surface area contributed by atoms with Crippen molar-refractivity contribution in [2.75, 3.05) is 14.2 Å². The summed E-state index contributed by atoms with van der Waals surface area (Å²) in [6.07, 6.45) is 3.86. The molecule has 4 heteroatoms. The molecule has 0 fully saturated rings. The first-order valence-corrected chi connectivity index (χ1v) is 10.6. The van der Waals surface area contributed by atoms with Gasteiger partial charge in [-0.3, -0.25) is 0 Å². The average Bonchev–Trinajstić information content (AvgIpc) is 2.83. The summed E-state index contributed by atoms with van der Waals surface area (Å²) in [4.78, 5) is 26.0. The van der Waals surface area contributed by atoms with Crippen molar-refractivity contribution in [3.05, 3.63) is 83.4 Å². The summed E-state index contributed by atoms with van der Waals surface area (Å²) in [5, 5.41) is 0. The maximum atomic E-state index is 13.2. The fourth-order valence-corrected chi connectivity index (χ4v) is 3.92. The van der Waals surface area contributed by atoms with Crippen LogP contribution in [0.5, 0.6) is 0 Å². The van der Waals surface area contributed by atoms with Crippen molar-refractivity contribution in [3.8, 4) is 22.3 Å². The SMILES string of the molecule is CCCCCc1cc(C(=O)OC)c(-c2ccccc2)c(C(=O)OC)c1-c1ccccc1. The van der Waals surface area contributed by atoms with E-state index in [4.69, 9.17) is 9.47 Å². The van der Waals surface area contributed by atoms with Gasteiger partial charge in [-0.2, -0.15) is 0 Å². The van der Waals surface area contributed by atoms with Crippen molar-refractivity contribution in [1.29, 1.82) is 0 Å². The third kappa shape index (κ3) is 4.85. The second-order valence-corrected chi connectivity index (χ2v) is 7.38. The highest BCUT2D eigenvalue weighted by Gasteiger charge is 2.28. The van der Waals surface area contributed by atoms with Crippen molar-refractivity contribution in [1.82, 2.24) is 0 Å². The van der Waals surface area contributed by atoms with Crippen LogP contribution in [0.1, 0.15) is 52.5 Å². The number of aryl methyl sites for hydroxylation is 1. The van der Waals surface area contributed by atoms with Crippen LogP contribution in [0, 0.1) is 0 Å². The van der Waals surface area contributed by atoms with E-state index in [1.54, 1.807) is 0 Å². The van der Waals surface area contributed by atoms with Crippen molar-refractivity contribution in [2.45, 2.75) is 32.6 Å². The number of hydrogen-bond acceptors (Lipinski definition) is 4. The molecule has 0 amide bonds. The number of rotatable bonds is 8. The largest absolute Gasteiger partial charge is 0.465 e. The van der Waals surface area contributed by atoms with Crippen LogP contribution in [0.15, 0.2) is 66.7 Å². The maximum Gasteiger partial charge on any atom is 0.339 e. The Labute approximate surface area is 183 Å². The number of carbonyl (C=O) groups is 2. The van der Waals surface area contributed by atoms with Gasteiger partial charge in [-0.05, 0) is 35.6 Å². The van der Waals surface area contributed by atoms with Crippen LogP contribution in [0.25, 0.3) is 22.3 Å². The molecule has 0 aliphatic heterocycles. The van der Waals surface area contributed by atoms with Crippen LogP contribution in [-0.4, -0.2) is 26.2 Å². The van der Waals surface area contributed by atoms with Gasteiger partial charge in [0.25, 0.3) is 0 Å². The Hall–Kier alpha value is -3.40. The summed E-state index contributed by atoms with van der Waals surface area (Å²) in [6, 6.07) is 21.1. The van der Waals surface area contributed by atoms with E-state index in [-0.39, 0.29) is 0 Å². The molecule has 31 heavy (non-hydrogen) atoms. The zero-order chi connectivity index (χ0) is 22.2. The number of ether oxygens (including phenoxy) is 2. The summed E-state index contributed by atoms with van der Waals surface area (Å²) < 4.78 is 10.3. The van der Waals surface area contributed by atoms with Gasteiger partial charge >= 0.3 is 11.9 Å². The zero-order valence-corrected chi connectivity index (χ0v) is 18.3. The molecule has 0 radical (unpaired) electrons. The molecule has 3 rings (SSSR count). The second-order valence-electron chi connectivity index (χ2n) is 7.38. The molecule has 160 valence electrons. The van der Waals surface area contributed by atoms with Gasteiger partial charge in [-0.25, -0.2) is 9.59 Å². The smallest absolute Gasteiger partial charge is 0.339 e. The molecule has 0 bridgehead atoms. The van der Waals surface area contributed by atoms with E-state index < -0.39 is 11.9 Å². The minimum absolute atomic E-state index is 0.375. The first-order chi connectivity index (χ1) is 15.1. The summed E-state index contributed by atoms with van der Waals surface area (Å²) in [7, 11) is 2.73. The molecule has 3 aromatic carbocycles. The molecule has 4 nitrogen and oxygen atoms in total. The Morgan fingerprint density at radius 3 is 1.81 bits per heavy atom. The van der Waals surface area contributed by atoms with E-state index in [0.29, 0.717) is 16.7 Å². The van der Waals surface area contributed by atoms with Gasteiger partial charge in [0.15, 0.2) is 0 Å². The molecule has 0 heterocycles. The fraction of sp³-hybridized carbons (Fsp3) is 0.259. The summed E-state index contributed by atoms with van der Waals surface area (Å²) in [6.45, 7) is 2.15. The Kier molecular flexibility index (Phi) is 7.60. The maximum absolute atomic E-state index is 13.2. The molecule has 0 atom stereocenters. The van der Waals surface area contributed by atoms with Crippen LogP contribution in [0.4, 0.5) is 0 Å². The molecule has 0 aromatic heterocycles. The normalized spacial score (nSPS) is 10.5. The Morgan fingerprint density at radius 1 is 0.742 bits per heavy atom. The van der Waals surface area contributed by atoms with Gasteiger partial charge in [0.2, 0.25) is 0 Å². The van der Waals surface area contributed by atoms with E-state index in [1.165, 1.54) is 14.2 Å². The number of esters is 2. The molecule has 0 spiro atoms. The van der Waals surface area contributed by atoms with Gasteiger partial charge in [-0.15, -0.1) is 0 Å². The minimum atomic E-state index is -0.472.